The third-order valence-corrected chi connectivity index (χ3v) is 5.04. The highest BCUT2D eigenvalue weighted by Gasteiger charge is 2.17. The largest absolute Gasteiger partial charge is 0.399 e. The van der Waals surface area contributed by atoms with Crippen LogP contribution in [0.2, 0.25) is 0 Å². The molecule has 0 amide bonds. The number of rotatable bonds is 2. The van der Waals surface area contributed by atoms with E-state index in [4.69, 9.17) is 10.7 Å². The normalized spacial score (nSPS) is 15.2. The van der Waals surface area contributed by atoms with Crippen LogP contribution in [0.25, 0.3) is 10.2 Å². The molecule has 0 aliphatic carbocycles. The molecule has 0 spiro atoms. The lowest BCUT2D eigenvalue weighted by Crippen LogP contribution is -2.30. The highest BCUT2D eigenvalue weighted by molar-refractivity contribution is 7.18. The summed E-state index contributed by atoms with van der Waals surface area (Å²) in [5, 5.41) is 1.20. The molecule has 1 aromatic heterocycles. The van der Waals surface area contributed by atoms with Crippen LogP contribution in [0.3, 0.4) is 0 Å². The molecule has 21 heavy (non-hydrogen) atoms. The van der Waals surface area contributed by atoms with Gasteiger partial charge in [0.2, 0.25) is 0 Å². The molecule has 0 fully saturated rings. The molecule has 4 heteroatoms. The summed E-state index contributed by atoms with van der Waals surface area (Å²) in [6.07, 6.45) is 1.10. The van der Waals surface area contributed by atoms with Gasteiger partial charge in [0, 0.05) is 18.8 Å². The Kier molecular flexibility index (Phi) is 3.13. The molecule has 106 valence electrons. The van der Waals surface area contributed by atoms with Crippen LogP contribution in [0.4, 0.5) is 5.69 Å². The van der Waals surface area contributed by atoms with Crippen molar-refractivity contribution in [2.75, 3.05) is 12.3 Å². The van der Waals surface area contributed by atoms with E-state index in [1.807, 2.05) is 12.1 Å². The van der Waals surface area contributed by atoms with Crippen LogP contribution >= 0.6 is 11.3 Å². The van der Waals surface area contributed by atoms with Gasteiger partial charge in [0.05, 0.1) is 16.8 Å². The number of thiazole rings is 1. The molecule has 3 aromatic rings. The minimum Gasteiger partial charge on any atom is -0.399 e. The third kappa shape index (κ3) is 2.52. The first-order valence-electron chi connectivity index (χ1n) is 7.22. The van der Waals surface area contributed by atoms with Gasteiger partial charge >= 0.3 is 0 Å². The number of hydrogen-bond acceptors (Lipinski definition) is 4. The standard InChI is InChI=1S/C17H17N3S/c18-14-6-5-12-7-8-20(10-13(12)9-14)11-17-19-15-3-1-2-4-16(15)21-17/h1-6,9H,7-8,10-11,18H2. The number of nitrogens with zero attached hydrogens (tertiary/aromatic N) is 2. The van der Waals surface area contributed by atoms with E-state index in [2.05, 4.69) is 35.2 Å². The number of hydrogen-bond donors (Lipinski definition) is 1. The Hall–Kier alpha value is -1.91. The van der Waals surface area contributed by atoms with Gasteiger partial charge in [-0.25, -0.2) is 4.98 Å². The van der Waals surface area contributed by atoms with E-state index in [1.165, 1.54) is 20.8 Å². The Morgan fingerprint density at radius 1 is 1.14 bits per heavy atom. The van der Waals surface area contributed by atoms with Gasteiger partial charge in [-0.15, -0.1) is 11.3 Å². The summed E-state index contributed by atoms with van der Waals surface area (Å²) in [4.78, 5) is 7.19. The highest BCUT2D eigenvalue weighted by Crippen LogP contribution is 2.26. The van der Waals surface area contributed by atoms with Crippen LogP contribution in [0.15, 0.2) is 42.5 Å². The number of nitrogens with two attached hydrogens (primary N) is 1. The van der Waals surface area contributed by atoms with Gasteiger partial charge in [0.1, 0.15) is 5.01 Å². The van der Waals surface area contributed by atoms with Crippen LogP contribution in [0, 0.1) is 0 Å². The molecule has 0 atom stereocenters. The number of benzene rings is 2. The number of anilines is 1. The Balaban J connectivity index is 1.55. The van der Waals surface area contributed by atoms with Crippen molar-refractivity contribution in [1.29, 1.82) is 0 Å². The second-order valence-corrected chi connectivity index (χ2v) is 6.68. The van der Waals surface area contributed by atoms with Gasteiger partial charge in [-0.3, -0.25) is 4.90 Å². The van der Waals surface area contributed by atoms with Gasteiger partial charge in [0.15, 0.2) is 0 Å². The van der Waals surface area contributed by atoms with E-state index in [-0.39, 0.29) is 0 Å². The van der Waals surface area contributed by atoms with E-state index in [0.29, 0.717) is 0 Å². The lowest BCUT2D eigenvalue weighted by atomic mass is 9.99. The molecule has 3 nitrogen and oxygen atoms in total. The number of para-hydroxylation sites is 1. The van der Waals surface area contributed by atoms with Gasteiger partial charge in [0.25, 0.3) is 0 Å². The van der Waals surface area contributed by atoms with E-state index in [0.717, 1.165) is 37.3 Å². The maximum atomic E-state index is 5.90. The average Bonchev–Trinajstić information content (AvgIpc) is 2.89. The summed E-state index contributed by atoms with van der Waals surface area (Å²) in [6.45, 7) is 2.98. The molecular weight excluding hydrogens is 278 g/mol. The van der Waals surface area contributed by atoms with E-state index in [9.17, 15) is 0 Å². The average molecular weight is 295 g/mol. The van der Waals surface area contributed by atoms with Crippen molar-refractivity contribution in [3.63, 3.8) is 0 Å². The fourth-order valence-corrected chi connectivity index (χ4v) is 3.96. The molecule has 0 saturated carbocycles. The zero-order chi connectivity index (χ0) is 14.2. The Morgan fingerprint density at radius 3 is 2.95 bits per heavy atom. The highest BCUT2D eigenvalue weighted by atomic mass is 32.1. The van der Waals surface area contributed by atoms with Crippen molar-refractivity contribution in [1.82, 2.24) is 9.88 Å². The summed E-state index contributed by atoms with van der Waals surface area (Å²) >= 11 is 1.80. The van der Waals surface area contributed by atoms with Crippen LogP contribution in [0.5, 0.6) is 0 Å². The van der Waals surface area contributed by atoms with Crippen molar-refractivity contribution >= 4 is 27.2 Å². The molecule has 0 unspecified atom stereocenters. The second-order valence-electron chi connectivity index (χ2n) is 5.56. The Bertz CT molecular complexity index is 761. The quantitative estimate of drug-likeness (QED) is 0.736. The predicted octanol–water partition coefficient (Wildman–Crippen LogP) is 3.44. The first-order valence-corrected chi connectivity index (χ1v) is 8.04. The molecular formula is C17H17N3S. The summed E-state index contributed by atoms with van der Waals surface area (Å²) < 4.78 is 1.27. The van der Waals surface area contributed by atoms with Gasteiger partial charge in [-0.1, -0.05) is 18.2 Å². The molecule has 1 aliphatic heterocycles. The Morgan fingerprint density at radius 2 is 2.05 bits per heavy atom. The second kappa shape index (κ2) is 5.13. The monoisotopic (exact) mass is 295 g/mol. The number of aromatic nitrogens is 1. The summed E-state index contributed by atoms with van der Waals surface area (Å²) in [7, 11) is 0. The fourth-order valence-electron chi connectivity index (χ4n) is 2.95. The minimum absolute atomic E-state index is 0.857. The predicted molar refractivity (Wildman–Crippen MR) is 88.3 cm³/mol. The SMILES string of the molecule is Nc1ccc2c(c1)CN(Cc1nc3ccccc3s1)CC2. The van der Waals surface area contributed by atoms with Crippen LogP contribution in [-0.4, -0.2) is 16.4 Å². The smallest absolute Gasteiger partial charge is 0.108 e. The molecule has 2 aromatic carbocycles. The van der Waals surface area contributed by atoms with Crippen molar-refractivity contribution < 1.29 is 0 Å². The van der Waals surface area contributed by atoms with Crippen molar-refractivity contribution in [3.05, 3.63) is 58.6 Å². The lowest BCUT2D eigenvalue weighted by molar-refractivity contribution is 0.245. The van der Waals surface area contributed by atoms with E-state index >= 15 is 0 Å². The Labute approximate surface area is 128 Å². The number of nitrogen functional groups attached to an aromatic ring is 1. The maximum absolute atomic E-state index is 5.90. The minimum atomic E-state index is 0.857. The van der Waals surface area contributed by atoms with Crippen LogP contribution in [0.1, 0.15) is 16.1 Å². The van der Waals surface area contributed by atoms with Crippen LogP contribution < -0.4 is 5.73 Å². The molecule has 1 aliphatic rings. The molecule has 0 radical (unpaired) electrons. The summed E-state index contributed by atoms with van der Waals surface area (Å²) in [6, 6.07) is 14.6. The van der Waals surface area contributed by atoms with Gasteiger partial charge in [-0.2, -0.15) is 0 Å². The zero-order valence-electron chi connectivity index (χ0n) is 11.7. The molecule has 4 rings (SSSR count). The summed E-state index contributed by atoms with van der Waals surface area (Å²) in [5.74, 6) is 0. The third-order valence-electron chi connectivity index (χ3n) is 4.02. The van der Waals surface area contributed by atoms with Crippen LogP contribution in [-0.2, 0) is 19.5 Å². The molecule has 2 N–H and O–H groups in total. The number of fused-ring (bicyclic) bond motifs is 2. The van der Waals surface area contributed by atoms with E-state index < -0.39 is 0 Å². The first-order chi connectivity index (χ1) is 10.3. The maximum Gasteiger partial charge on any atom is 0.108 e. The zero-order valence-corrected chi connectivity index (χ0v) is 12.6. The topological polar surface area (TPSA) is 42.1 Å². The van der Waals surface area contributed by atoms with E-state index in [1.54, 1.807) is 11.3 Å². The lowest BCUT2D eigenvalue weighted by Gasteiger charge is -2.28. The van der Waals surface area contributed by atoms with Crippen molar-refractivity contribution in [2.24, 2.45) is 0 Å². The molecule has 0 saturated heterocycles. The molecule has 0 bridgehead atoms. The van der Waals surface area contributed by atoms with Crippen molar-refractivity contribution in [3.8, 4) is 0 Å². The van der Waals surface area contributed by atoms with Gasteiger partial charge in [-0.05, 0) is 41.8 Å². The van der Waals surface area contributed by atoms with Crippen molar-refractivity contribution in [2.45, 2.75) is 19.5 Å². The summed E-state index contributed by atoms with van der Waals surface area (Å²) in [5.41, 5.74) is 10.7. The molecule has 2 heterocycles. The first kappa shape index (κ1) is 12.8. The van der Waals surface area contributed by atoms with Gasteiger partial charge < -0.3 is 5.73 Å². The fraction of sp³-hybridized carbons (Fsp3) is 0.235.